The van der Waals surface area contributed by atoms with Crippen LogP contribution in [0.5, 0.6) is 0 Å². The molecule has 0 bridgehead atoms. The first kappa shape index (κ1) is 14.1. The van der Waals surface area contributed by atoms with Crippen LogP contribution in [0, 0.1) is 5.92 Å². The number of nitrogens with two attached hydrogens (primary N) is 1. The Morgan fingerprint density at radius 1 is 1.37 bits per heavy atom. The molecule has 0 radical (unpaired) electrons. The number of carbonyl (C=O) groups is 1. The van der Waals surface area contributed by atoms with Crippen molar-refractivity contribution in [1.82, 2.24) is 4.90 Å². The highest BCUT2D eigenvalue weighted by Gasteiger charge is 2.31. The summed E-state index contributed by atoms with van der Waals surface area (Å²) in [4.78, 5) is 14.6. The maximum absolute atomic E-state index is 12.6. The number of carbonyl (C=O) groups excluding carboxylic acids is 1. The van der Waals surface area contributed by atoms with Gasteiger partial charge in [0.1, 0.15) is 0 Å². The van der Waals surface area contributed by atoms with E-state index >= 15 is 0 Å². The van der Waals surface area contributed by atoms with Crippen LogP contribution in [0.25, 0.3) is 0 Å². The highest BCUT2D eigenvalue weighted by molar-refractivity contribution is 5.94. The average Bonchev–Trinajstić information content (AvgIpc) is 2.46. The summed E-state index contributed by atoms with van der Waals surface area (Å²) in [6.45, 7) is 5.70. The van der Waals surface area contributed by atoms with Gasteiger partial charge in [-0.3, -0.25) is 4.79 Å². The molecule has 1 aromatic carbocycles. The van der Waals surface area contributed by atoms with Gasteiger partial charge in [0.05, 0.1) is 0 Å². The molecule has 0 spiro atoms. The fourth-order valence-corrected chi connectivity index (χ4v) is 2.91. The molecule has 2 rings (SSSR count). The second-order valence-electron chi connectivity index (χ2n) is 5.47. The number of aryl methyl sites for hydroxylation is 1. The standard InChI is InChI=1S/C16H24N2O/c1-3-13-6-8-14(9-7-13)16(19)18-10-4-5-12(2)15(18)11-17/h6-9,12,15H,3-5,10-11,17H2,1-2H3. The average molecular weight is 260 g/mol. The van der Waals surface area contributed by atoms with E-state index in [2.05, 4.69) is 13.8 Å². The van der Waals surface area contributed by atoms with E-state index in [-0.39, 0.29) is 11.9 Å². The molecule has 19 heavy (non-hydrogen) atoms. The van der Waals surface area contributed by atoms with Gasteiger partial charge in [-0.05, 0) is 42.9 Å². The minimum atomic E-state index is 0.129. The van der Waals surface area contributed by atoms with Crippen LogP contribution in [0.3, 0.4) is 0 Å². The van der Waals surface area contributed by atoms with Crippen molar-refractivity contribution in [3.63, 3.8) is 0 Å². The van der Waals surface area contributed by atoms with E-state index in [0.717, 1.165) is 24.9 Å². The van der Waals surface area contributed by atoms with Gasteiger partial charge in [-0.15, -0.1) is 0 Å². The third-order valence-corrected chi connectivity index (χ3v) is 4.23. The molecule has 1 aromatic rings. The molecular formula is C16H24N2O. The smallest absolute Gasteiger partial charge is 0.254 e. The Bertz CT molecular complexity index is 427. The summed E-state index contributed by atoms with van der Waals surface area (Å²) in [5.74, 6) is 0.627. The molecule has 3 heteroatoms. The van der Waals surface area contributed by atoms with Crippen LogP contribution in [0.1, 0.15) is 42.6 Å². The molecule has 1 heterocycles. The Labute approximate surface area is 115 Å². The van der Waals surface area contributed by atoms with Crippen LogP contribution < -0.4 is 5.73 Å². The van der Waals surface area contributed by atoms with Crippen molar-refractivity contribution in [2.24, 2.45) is 11.7 Å². The molecule has 0 aromatic heterocycles. The summed E-state index contributed by atoms with van der Waals surface area (Å²) >= 11 is 0. The zero-order valence-corrected chi connectivity index (χ0v) is 11.9. The van der Waals surface area contributed by atoms with Crippen molar-refractivity contribution >= 4 is 5.91 Å². The molecule has 1 amide bonds. The minimum absolute atomic E-state index is 0.129. The van der Waals surface area contributed by atoms with Gasteiger partial charge in [-0.2, -0.15) is 0 Å². The van der Waals surface area contributed by atoms with E-state index in [4.69, 9.17) is 5.73 Å². The Morgan fingerprint density at radius 3 is 2.63 bits per heavy atom. The lowest BCUT2D eigenvalue weighted by molar-refractivity contribution is 0.0532. The maximum atomic E-state index is 12.6. The fourth-order valence-electron chi connectivity index (χ4n) is 2.91. The third kappa shape index (κ3) is 2.98. The lowest BCUT2D eigenvalue weighted by atomic mass is 9.90. The van der Waals surface area contributed by atoms with E-state index in [1.807, 2.05) is 29.2 Å². The highest BCUT2D eigenvalue weighted by atomic mass is 16.2. The van der Waals surface area contributed by atoms with Crippen molar-refractivity contribution in [2.75, 3.05) is 13.1 Å². The zero-order chi connectivity index (χ0) is 13.8. The molecule has 3 nitrogen and oxygen atoms in total. The molecule has 104 valence electrons. The highest BCUT2D eigenvalue weighted by Crippen LogP contribution is 2.24. The Morgan fingerprint density at radius 2 is 2.05 bits per heavy atom. The molecule has 1 fully saturated rings. The molecule has 2 unspecified atom stereocenters. The molecule has 2 N–H and O–H groups in total. The monoisotopic (exact) mass is 260 g/mol. The molecule has 1 saturated heterocycles. The van der Waals surface area contributed by atoms with Crippen molar-refractivity contribution < 1.29 is 4.79 Å². The summed E-state index contributed by atoms with van der Waals surface area (Å²) in [6, 6.07) is 8.14. The number of piperidine rings is 1. The normalized spacial score (nSPS) is 23.4. The predicted octanol–water partition coefficient (Wildman–Crippen LogP) is 2.45. The first-order valence-corrected chi connectivity index (χ1v) is 7.27. The third-order valence-electron chi connectivity index (χ3n) is 4.23. The van der Waals surface area contributed by atoms with Gasteiger partial charge in [-0.25, -0.2) is 0 Å². The molecule has 0 aliphatic carbocycles. The van der Waals surface area contributed by atoms with E-state index in [1.54, 1.807) is 0 Å². The van der Waals surface area contributed by atoms with Crippen molar-refractivity contribution in [1.29, 1.82) is 0 Å². The fraction of sp³-hybridized carbons (Fsp3) is 0.562. The van der Waals surface area contributed by atoms with Gasteiger partial charge < -0.3 is 10.6 Å². The largest absolute Gasteiger partial charge is 0.334 e. The second-order valence-corrected chi connectivity index (χ2v) is 5.47. The van der Waals surface area contributed by atoms with Crippen LogP contribution in [0.2, 0.25) is 0 Å². The number of benzene rings is 1. The summed E-state index contributed by atoms with van der Waals surface area (Å²) in [6.07, 6.45) is 3.25. The van der Waals surface area contributed by atoms with Gasteiger partial charge in [-0.1, -0.05) is 26.0 Å². The van der Waals surface area contributed by atoms with Gasteiger partial charge in [0, 0.05) is 24.7 Å². The van der Waals surface area contributed by atoms with Gasteiger partial charge in [0.2, 0.25) is 0 Å². The van der Waals surface area contributed by atoms with Crippen LogP contribution in [0.15, 0.2) is 24.3 Å². The molecule has 1 aliphatic rings. The number of amides is 1. The molecule has 2 atom stereocenters. The minimum Gasteiger partial charge on any atom is -0.334 e. The molecule has 0 saturated carbocycles. The van der Waals surface area contributed by atoms with Crippen molar-refractivity contribution in [3.8, 4) is 0 Å². The van der Waals surface area contributed by atoms with Crippen LogP contribution >= 0.6 is 0 Å². The lowest BCUT2D eigenvalue weighted by Crippen LogP contribution is -2.51. The Kier molecular flexibility index (Phi) is 4.59. The Hall–Kier alpha value is -1.35. The summed E-state index contributed by atoms with van der Waals surface area (Å²) < 4.78 is 0. The summed E-state index contributed by atoms with van der Waals surface area (Å²) in [7, 11) is 0. The second kappa shape index (κ2) is 6.20. The first-order valence-electron chi connectivity index (χ1n) is 7.27. The predicted molar refractivity (Wildman–Crippen MR) is 78.1 cm³/mol. The summed E-state index contributed by atoms with van der Waals surface area (Å²) in [5.41, 5.74) is 7.90. The van der Waals surface area contributed by atoms with Crippen LogP contribution in [-0.4, -0.2) is 29.9 Å². The van der Waals surface area contributed by atoms with Crippen LogP contribution in [-0.2, 0) is 6.42 Å². The SMILES string of the molecule is CCc1ccc(C(=O)N2CCCC(C)C2CN)cc1. The van der Waals surface area contributed by atoms with Crippen LogP contribution in [0.4, 0.5) is 0 Å². The topological polar surface area (TPSA) is 46.3 Å². The number of hydrogen-bond acceptors (Lipinski definition) is 2. The summed E-state index contributed by atoms with van der Waals surface area (Å²) in [5, 5.41) is 0. The zero-order valence-electron chi connectivity index (χ0n) is 11.9. The number of rotatable bonds is 3. The lowest BCUT2D eigenvalue weighted by Gasteiger charge is -2.39. The van der Waals surface area contributed by atoms with E-state index in [1.165, 1.54) is 12.0 Å². The van der Waals surface area contributed by atoms with Crippen molar-refractivity contribution in [3.05, 3.63) is 35.4 Å². The number of nitrogens with zero attached hydrogens (tertiary/aromatic N) is 1. The van der Waals surface area contributed by atoms with Gasteiger partial charge in [0.25, 0.3) is 5.91 Å². The van der Waals surface area contributed by atoms with E-state index < -0.39 is 0 Å². The molecular weight excluding hydrogens is 236 g/mol. The van der Waals surface area contributed by atoms with Crippen molar-refractivity contribution in [2.45, 2.75) is 39.2 Å². The van der Waals surface area contributed by atoms with E-state index in [9.17, 15) is 4.79 Å². The molecule has 1 aliphatic heterocycles. The van der Waals surface area contributed by atoms with Gasteiger partial charge in [0.15, 0.2) is 0 Å². The number of hydrogen-bond donors (Lipinski definition) is 1. The van der Waals surface area contributed by atoms with Gasteiger partial charge >= 0.3 is 0 Å². The maximum Gasteiger partial charge on any atom is 0.254 e. The quantitative estimate of drug-likeness (QED) is 0.907. The first-order chi connectivity index (χ1) is 9.17. The number of likely N-dealkylation sites (tertiary alicyclic amines) is 1. The Balaban J connectivity index is 2.16. The van der Waals surface area contributed by atoms with E-state index in [0.29, 0.717) is 12.5 Å².